The van der Waals surface area contributed by atoms with Gasteiger partial charge in [0.1, 0.15) is 5.82 Å². The van der Waals surface area contributed by atoms with Gasteiger partial charge in [0.25, 0.3) is 0 Å². The normalized spacial score (nSPS) is 29.2. The summed E-state index contributed by atoms with van der Waals surface area (Å²) in [5, 5.41) is 9.64. The Morgan fingerprint density at radius 2 is 2.33 bits per heavy atom. The fourth-order valence-electron chi connectivity index (χ4n) is 2.06. The number of hydrogen-bond donors (Lipinski definition) is 2. The van der Waals surface area contributed by atoms with Crippen LogP contribution in [0, 0.1) is 11.2 Å². The Kier molecular flexibility index (Phi) is 2.71. The quantitative estimate of drug-likeness (QED) is 0.832. The second kappa shape index (κ2) is 3.74. The van der Waals surface area contributed by atoms with E-state index in [0.29, 0.717) is 23.6 Å². The second-order valence-corrected chi connectivity index (χ2v) is 4.52. The lowest BCUT2D eigenvalue weighted by Crippen LogP contribution is -2.21. The molecule has 1 aliphatic carbocycles. The maximum Gasteiger partial charge on any atom is 0.128 e. The monoisotopic (exact) mass is 229 g/mol. The van der Waals surface area contributed by atoms with Crippen LogP contribution in [0.25, 0.3) is 0 Å². The van der Waals surface area contributed by atoms with Crippen LogP contribution < -0.4 is 5.73 Å². The molecule has 2 nitrogen and oxygen atoms in total. The molecule has 0 bridgehead atoms. The third-order valence-electron chi connectivity index (χ3n) is 3.26. The highest BCUT2D eigenvalue weighted by Gasteiger charge is 2.54. The van der Waals surface area contributed by atoms with Gasteiger partial charge in [-0.15, -0.1) is 0 Å². The Morgan fingerprint density at radius 3 is 2.80 bits per heavy atom. The largest absolute Gasteiger partial charge is 0.396 e. The van der Waals surface area contributed by atoms with E-state index in [-0.39, 0.29) is 23.8 Å². The zero-order valence-corrected chi connectivity index (χ0v) is 8.97. The molecular formula is C11H13ClFNO. The van der Waals surface area contributed by atoms with Crippen molar-refractivity contribution in [1.29, 1.82) is 0 Å². The van der Waals surface area contributed by atoms with Crippen LogP contribution in [0.2, 0.25) is 5.02 Å². The van der Waals surface area contributed by atoms with E-state index in [0.717, 1.165) is 0 Å². The molecule has 0 amide bonds. The van der Waals surface area contributed by atoms with E-state index in [9.17, 15) is 9.50 Å². The Hall–Kier alpha value is -0.640. The Morgan fingerprint density at radius 1 is 1.60 bits per heavy atom. The molecule has 0 radical (unpaired) electrons. The van der Waals surface area contributed by atoms with Crippen LogP contribution in [0.15, 0.2) is 18.2 Å². The predicted molar refractivity (Wildman–Crippen MR) is 57.3 cm³/mol. The zero-order valence-electron chi connectivity index (χ0n) is 8.21. The summed E-state index contributed by atoms with van der Waals surface area (Å²) < 4.78 is 13.6. The minimum atomic E-state index is -0.355. The van der Waals surface area contributed by atoms with Crippen molar-refractivity contribution in [2.75, 3.05) is 13.2 Å². The number of aliphatic hydroxyl groups is 1. The maximum absolute atomic E-state index is 13.6. The molecule has 15 heavy (non-hydrogen) atoms. The molecular weight excluding hydrogens is 217 g/mol. The van der Waals surface area contributed by atoms with Gasteiger partial charge in [0, 0.05) is 22.5 Å². The van der Waals surface area contributed by atoms with Gasteiger partial charge in [-0.3, -0.25) is 0 Å². The Balaban J connectivity index is 2.34. The molecule has 0 aliphatic heterocycles. The summed E-state index contributed by atoms with van der Waals surface area (Å²) in [4.78, 5) is 0. The van der Waals surface area contributed by atoms with Crippen molar-refractivity contribution in [3.63, 3.8) is 0 Å². The average molecular weight is 230 g/mol. The maximum atomic E-state index is 13.6. The summed E-state index contributed by atoms with van der Waals surface area (Å²) >= 11 is 5.94. The van der Waals surface area contributed by atoms with Gasteiger partial charge in [-0.05, 0) is 24.5 Å². The summed E-state index contributed by atoms with van der Waals surface area (Å²) in [5.41, 5.74) is 5.73. The van der Waals surface area contributed by atoms with Crippen molar-refractivity contribution in [1.82, 2.24) is 0 Å². The molecule has 1 saturated carbocycles. The predicted octanol–water partition coefficient (Wildman–Crippen LogP) is 1.90. The number of rotatable bonds is 3. The highest BCUT2D eigenvalue weighted by atomic mass is 35.5. The smallest absolute Gasteiger partial charge is 0.128 e. The first kappa shape index (κ1) is 10.9. The van der Waals surface area contributed by atoms with Gasteiger partial charge in [0.05, 0.1) is 6.61 Å². The highest BCUT2D eigenvalue weighted by Crippen LogP contribution is 2.59. The fraction of sp³-hybridized carbons (Fsp3) is 0.455. The summed E-state index contributed by atoms with van der Waals surface area (Å²) in [6.07, 6.45) is 0.709. The van der Waals surface area contributed by atoms with Gasteiger partial charge in [-0.2, -0.15) is 0 Å². The number of hydrogen-bond acceptors (Lipinski definition) is 2. The standard InChI is InChI=1S/C11H13ClFNO/c12-8-2-1-3-9(13)10(8)7-4-11(7,5-14)6-15/h1-3,7,15H,4-6,14H2/t7-,11+/m1/s1. The van der Waals surface area contributed by atoms with Crippen LogP contribution in [0.4, 0.5) is 4.39 Å². The summed E-state index contributed by atoms with van der Waals surface area (Å²) in [6.45, 7) is 0.345. The molecule has 2 rings (SSSR count). The van der Waals surface area contributed by atoms with Gasteiger partial charge in [-0.25, -0.2) is 4.39 Å². The van der Waals surface area contributed by atoms with Crippen LogP contribution in [0.1, 0.15) is 17.9 Å². The third kappa shape index (κ3) is 1.65. The summed E-state index contributed by atoms with van der Waals surface area (Å²) in [7, 11) is 0. The van der Waals surface area contributed by atoms with E-state index in [2.05, 4.69) is 0 Å². The van der Waals surface area contributed by atoms with Gasteiger partial charge in [0.15, 0.2) is 0 Å². The molecule has 1 fully saturated rings. The Labute approximate surface area is 92.9 Å². The van der Waals surface area contributed by atoms with E-state index in [1.807, 2.05) is 0 Å². The van der Waals surface area contributed by atoms with Crippen molar-refractivity contribution >= 4 is 11.6 Å². The highest BCUT2D eigenvalue weighted by molar-refractivity contribution is 6.31. The van der Waals surface area contributed by atoms with E-state index in [4.69, 9.17) is 17.3 Å². The molecule has 0 aromatic heterocycles. The second-order valence-electron chi connectivity index (χ2n) is 4.12. The third-order valence-corrected chi connectivity index (χ3v) is 3.59. The Bertz CT molecular complexity index is 359. The number of halogens is 2. The minimum Gasteiger partial charge on any atom is -0.396 e. The SMILES string of the molecule is NC[C@]1(CO)C[C@@H]1c1c(F)cccc1Cl. The fourth-order valence-corrected chi connectivity index (χ4v) is 2.36. The van der Waals surface area contributed by atoms with E-state index >= 15 is 0 Å². The lowest BCUT2D eigenvalue weighted by molar-refractivity contribution is 0.211. The van der Waals surface area contributed by atoms with E-state index in [1.54, 1.807) is 12.1 Å². The lowest BCUT2D eigenvalue weighted by Gasteiger charge is -2.12. The zero-order chi connectivity index (χ0) is 11.1. The number of aliphatic hydroxyl groups excluding tert-OH is 1. The first-order valence-electron chi connectivity index (χ1n) is 4.89. The average Bonchev–Trinajstić information content (AvgIpc) is 2.93. The molecule has 0 heterocycles. The van der Waals surface area contributed by atoms with Gasteiger partial charge >= 0.3 is 0 Å². The number of nitrogens with two attached hydrogens (primary N) is 1. The van der Waals surface area contributed by atoms with Crippen LogP contribution in [-0.2, 0) is 0 Å². The van der Waals surface area contributed by atoms with Crippen molar-refractivity contribution in [3.05, 3.63) is 34.6 Å². The van der Waals surface area contributed by atoms with E-state index < -0.39 is 0 Å². The van der Waals surface area contributed by atoms with Crippen LogP contribution in [-0.4, -0.2) is 18.3 Å². The van der Waals surface area contributed by atoms with Crippen molar-refractivity contribution < 1.29 is 9.50 Å². The van der Waals surface area contributed by atoms with Gasteiger partial charge in [0.2, 0.25) is 0 Å². The first-order chi connectivity index (χ1) is 7.14. The molecule has 82 valence electrons. The van der Waals surface area contributed by atoms with Gasteiger partial charge < -0.3 is 10.8 Å². The summed E-state index contributed by atoms with van der Waals surface area (Å²) in [6, 6.07) is 4.63. The molecule has 0 unspecified atom stereocenters. The van der Waals surface area contributed by atoms with Crippen LogP contribution >= 0.6 is 11.6 Å². The molecule has 0 spiro atoms. The molecule has 2 atom stereocenters. The van der Waals surface area contributed by atoms with Gasteiger partial charge in [-0.1, -0.05) is 17.7 Å². The summed E-state index contributed by atoms with van der Waals surface area (Å²) in [5.74, 6) is -0.350. The van der Waals surface area contributed by atoms with Crippen LogP contribution in [0.5, 0.6) is 0 Å². The molecule has 4 heteroatoms. The number of benzene rings is 1. The molecule has 3 N–H and O–H groups in total. The lowest BCUT2D eigenvalue weighted by atomic mass is 9.99. The van der Waals surface area contributed by atoms with Crippen molar-refractivity contribution in [3.8, 4) is 0 Å². The van der Waals surface area contributed by atoms with Crippen LogP contribution in [0.3, 0.4) is 0 Å². The molecule has 1 aromatic carbocycles. The molecule has 1 aliphatic rings. The molecule has 0 saturated heterocycles. The molecule has 1 aromatic rings. The first-order valence-corrected chi connectivity index (χ1v) is 5.27. The van der Waals surface area contributed by atoms with Crippen molar-refractivity contribution in [2.24, 2.45) is 11.1 Å². The minimum absolute atomic E-state index is 0.0150. The van der Waals surface area contributed by atoms with E-state index in [1.165, 1.54) is 6.07 Å². The van der Waals surface area contributed by atoms with Crippen molar-refractivity contribution in [2.45, 2.75) is 12.3 Å². The topological polar surface area (TPSA) is 46.2 Å².